The second kappa shape index (κ2) is 8.49. The molecular formula is C21H24O4. The van der Waals surface area contributed by atoms with Gasteiger partial charge in [-0.25, -0.2) is 0 Å². The van der Waals surface area contributed by atoms with Crippen molar-refractivity contribution in [3.05, 3.63) is 70.8 Å². The van der Waals surface area contributed by atoms with E-state index in [2.05, 4.69) is 6.58 Å². The van der Waals surface area contributed by atoms with Crippen LogP contribution in [0.25, 0.3) is 0 Å². The van der Waals surface area contributed by atoms with E-state index >= 15 is 0 Å². The SMILES string of the molecule is C=CCc1c(COCc2ccccc2)c(C=O)c(O)c(O)c1C(C)C. The molecule has 0 unspecified atom stereocenters. The number of aromatic hydroxyl groups is 2. The lowest BCUT2D eigenvalue weighted by Crippen LogP contribution is -2.08. The monoisotopic (exact) mass is 340 g/mol. The predicted octanol–water partition coefficient (Wildman–Crippen LogP) is 4.48. The molecule has 0 atom stereocenters. The molecule has 0 aliphatic rings. The zero-order valence-electron chi connectivity index (χ0n) is 14.7. The zero-order chi connectivity index (χ0) is 18.4. The lowest BCUT2D eigenvalue weighted by molar-refractivity contribution is 0.103. The number of hydrogen-bond donors (Lipinski definition) is 2. The number of benzene rings is 2. The molecular weight excluding hydrogens is 316 g/mol. The number of rotatable bonds is 8. The van der Waals surface area contributed by atoms with E-state index in [1.165, 1.54) is 0 Å². The Balaban J connectivity index is 2.42. The molecule has 0 aliphatic heterocycles. The van der Waals surface area contributed by atoms with Gasteiger partial charge in [-0.15, -0.1) is 6.58 Å². The highest BCUT2D eigenvalue weighted by Gasteiger charge is 2.24. The summed E-state index contributed by atoms with van der Waals surface area (Å²) in [7, 11) is 0. The Kier molecular flexibility index (Phi) is 6.37. The molecule has 25 heavy (non-hydrogen) atoms. The highest BCUT2D eigenvalue weighted by Crippen LogP contribution is 2.42. The number of phenolic OH excluding ortho intramolecular Hbond substituents is 2. The molecule has 4 heteroatoms. The summed E-state index contributed by atoms with van der Waals surface area (Å²) in [5.74, 6) is -0.639. The van der Waals surface area contributed by atoms with E-state index in [9.17, 15) is 15.0 Å². The first-order valence-electron chi connectivity index (χ1n) is 8.28. The van der Waals surface area contributed by atoms with Crippen molar-refractivity contribution in [2.24, 2.45) is 0 Å². The number of ether oxygens (including phenoxy) is 1. The van der Waals surface area contributed by atoms with Gasteiger partial charge in [0.25, 0.3) is 0 Å². The Bertz CT molecular complexity index is 748. The number of phenols is 2. The van der Waals surface area contributed by atoms with Gasteiger partial charge in [-0.3, -0.25) is 4.79 Å². The second-order valence-corrected chi connectivity index (χ2v) is 6.23. The summed E-state index contributed by atoms with van der Waals surface area (Å²) in [6, 6.07) is 9.71. The van der Waals surface area contributed by atoms with Crippen molar-refractivity contribution < 1.29 is 19.7 Å². The molecule has 0 radical (unpaired) electrons. The van der Waals surface area contributed by atoms with Crippen molar-refractivity contribution in [2.75, 3.05) is 0 Å². The molecule has 0 bridgehead atoms. The van der Waals surface area contributed by atoms with Crippen LogP contribution in [-0.2, 0) is 24.4 Å². The third-order valence-electron chi connectivity index (χ3n) is 4.15. The van der Waals surface area contributed by atoms with Crippen LogP contribution in [0.3, 0.4) is 0 Å². The molecule has 0 aliphatic carbocycles. The van der Waals surface area contributed by atoms with E-state index in [1.807, 2.05) is 44.2 Å². The highest BCUT2D eigenvalue weighted by atomic mass is 16.5. The van der Waals surface area contributed by atoms with Crippen LogP contribution in [0.4, 0.5) is 0 Å². The van der Waals surface area contributed by atoms with Crippen LogP contribution in [0.2, 0.25) is 0 Å². The second-order valence-electron chi connectivity index (χ2n) is 6.23. The number of allylic oxidation sites excluding steroid dienone is 1. The van der Waals surface area contributed by atoms with Crippen molar-refractivity contribution in [3.63, 3.8) is 0 Å². The average molecular weight is 340 g/mol. The summed E-state index contributed by atoms with van der Waals surface area (Å²) in [4.78, 5) is 11.5. The van der Waals surface area contributed by atoms with Gasteiger partial charge in [0.2, 0.25) is 0 Å². The Morgan fingerprint density at radius 3 is 2.32 bits per heavy atom. The smallest absolute Gasteiger partial charge is 0.168 e. The van der Waals surface area contributed by atoms with Gasteiger partial charge >= 0.3 is 0 Å². The zero-order valence-corrected chi connectivity index (χ0v) is 14.7. The molecule has 0 heterocycles. The van der Waals surface area contributed by atoms with Crippen molar-refractivity contribution in [3.8, 4) is 11.5 Å². The van der Waals surface area contributed by atoms with E-state index in [1.54, 1.807) is 6.08 Å². The van der Waals surface area contributed by atoms with Crippen LogP contribution < -0.4 is 0 Å². The third kappa shape index (κ3) is 4.09. The first kappa shape index (κ1) is 18.7. The molecule has 4 nitrogen and oxygen atoms in total. The Hall–Kier alpha value is -2.59. The number of carbonyl (C=O) groups is 1. The van der Waals surface area contributed by atoms with Crippen LogP contribution >= 0.6 is 0 Å². The maximum Gasteiger partial charge on any atom is 0.168 e. The van der Waals surface area contributed by atoms with Crippen LogP contribution in [0, 0.1) is 0 Å². The fraction of sp³-hybridized carbons (Fsp3) is 0.286. The molecule has 2 aromatic rings. The van der Waals surface area contributed by atoms with Gasteiger partial charge < -0.3 is 14.9 Å². The summed E-state index contributed by atoms with van der Waals surface area (Å²) < 4.78 is 5.78. The van der Waals surface area contributed by atoms with Crippen molar-refractivity contribution in [1.82, 2.24) is 0 Å². The molecule has 2 aromatic carbocycles. The van der Waals surface area contributed by atoms with Gasteiger partial charge in [0.15, 0.2) is 17.8 Å². The lowest BCUT2D eigenvalue weighted by atomic mass is 9.87. The molecule has 0 amide bonds. The lowest BCUT2D eigenvalue weighted by Gasteiger charge is -2.21. The first-order chi connectivity index (χ1) is 12.0. The van der Waals surface area contributed by atoms with Crippen LogP contribution in [-0.4, -0.2) is 16.5 Å². The maximum absolute atomic E-state index is 11.5. The van der Waals surface area contributed by atoms with Gasteiger partial charge in [-0.05, 0) is 29.0 Å². The van der Waals surface area contributed by atoms with Gasteiger partial charge in [0.1, 0.15) is 0 Å². The number of hydrogen-bond acceptors (Lipinski definition) is 4. The van der Waals surface area contributed by atoms with Crippen LogP contribution in [0.1, 0.15) is 52.4 Å². The summed E-state index contributed by atoms with van der Waals surface area (Å²) in [6.07, 6.45) is 2.76. The maximum atomic E-state index is 11.5. The largest absolute Gasteiger partial charge is 0.504 e. The highest BCUT2D eigenvalue weighted by molar-refractivity contribution is 5.85. The molecule has 2 rings (SSSR count). The minimum atomic E-state index is -0.384. The average Bonchev–Trinajstić information content (AvgIpc) is 2.60. The fourth-order valence-electron chi connectivity index (χ4n) is 3.00. The Morgan fingerprint density at radius 2 is 1.76 bits per heavy atom. The molecule has 132 valence electrons. The van der Waals surface area contributed by atoms with E-state index in [0.29, 0.717) is 30.4 Å². The van der Waals surface area contributed by atoms with Gasteiger partial charge in [-0.1, -0.05) is 50.3 Å². The van der Waals surface area contributed by atoms with Crippen molar-refractivity contribution in [1.29, 1.82) is 0 Å². The minimum absolute atomic E-state index is 0.0191. The standard InChI is InChI=1S/C21H24O4/c1-4-8-16-18(13-25-12-15-9-6-5-7-10-15)17(11-22)20(23)21(24)19(16)14(2)3/h4-7,9-11,14,23-24H,1,8,12-13H2,2-3H3. The molecule has 2 N–H and O–H groups in total. The van der Waals surface area contributed by atoms with Crippen molar-refractivity contribution in [2.45, 2.75) is 39.4 Å². The summed E-state index contributed by atoms with van der Waals surface area (Å²) in [5, 5.41) is 20.6. The van der Waals surface area contributed by atoms with E-state index in [0.717, 1.165) is 11.1 Å². The Labute approximate surface area is 148 Å². The van der Waals surface area contributed by atoms with Crippen molar-refractivity contribution >= 4 is 6.29 Å². The van der Waals surface area contributed by atoms with Crippen LogP contribution in [0.5, 0.6) is 11.5 Å². The third-order valence-corrected chi connectivity index (χ3v) is 4.15. The van der Waals surface area contributed by atoms with Crippen LogP contribution in [0.15, 0.2) is 43.0 Å². The quantitative estimate of drug-likeness (QED) is 0.422. The number of carbonyl (C=O) groups excluding carboxylic acids is 1. The fourth-order valence-corrected chi connectivity index (χ4v) is 3.00. The van der Waals surface area contributed by atoms with Gasteiger partial charge in [0.05, 0.1) is 18.8 Å². The molecule has 0 saturated heterocycles. The summed E-state index contributed by atoms with van der Waals surface area (Å²) >= 11 is 0. The molecule has 0 saturated carbocycles. The summed E-state index contributed by atoms with van der Waals surface area (Å²) in [5.41, 5.74) is 3.11. The van der Waals surface area contributed by atoms with Gasteiger partial charge in [0, 0.05) is 5.56 Å². The normalized spacial score (nSPS) is 10.8. The predicted molar refractivity (Wildman–Crippen MR) is 98.1 cm³/mol. The molecule has 0 aromatic heterocycles. The van der Waals surface area contributed by atoms with E-state index < -0.39 is 0 Å². The first-order valence-corrected chi connectivity index (χ1v) is 8.28. The molecule has 0 fully saturated rings. The number of aldehydes is 1. The van der Waals surface area contributed by atoms with Gasteiger partial charge in [-0.2, -0.15) is 0 Å². The Morgan fingerprint density at radius 1 is 1.08 bits per heavy atom. The molecule has 0 spiro atoms. The van der Waals surface area contributed by atoms with E-state index in [4.69, 9.17) is 4.74 Å². The summed E-state index contributed by atoms with van der Waals surface area (Å²) in [6.45, 7) is 8.17. The minimum Gasteiger partial charge on any atom is -0.504 e. The topological polar surface area (TPSA) is 66.8 Å². The van der Waals surface area contributed by atoms with E-state index in [-0.39, 0.29) is 29.6 Å².